The number of carbonyl (C=O) groups is 2. The van der Waals surface area contributed by atoms with Gasteiger partial charge in [0, 0.05) is 0 Å². The molecule has 0 bridgehead atoms. The highest BCUT2D eigenvalue weighted by Crippen LogP contribution is 2.34. The lowest BCUT2D eigenvalue weighted by atomic mass is 9.75. The van der Waals surface area contributed by atoms with Crippen molar-refractivity contribution < 1.29 is 27.9 Å². The molecule has 0 atom stereocenters. The van der Waals surface area contributed by atoms with E-state index in [1.807, 2.05) is 6.92 Å². The molecule has 0 aromatic carbocycles. The number of hydrogen-bond acceptors (Lipinski definition) is 2. The van der Waals surface area contributed by atoms with Crippen LogP contribution in [0.15, 0.2) is 0 Å². The van der Waals surface area contributed by atoms with Crippen molar-refractivity contribution in [1.29, 1.82) is 0 Å². The minimum absolute atomic E-state index is 0.185. The van der Waals surface area contributed by atoms with Crippen LogP contribution in [-0.2, 0) is 9.59 Å². The van der Waals surface area contributed by atoms with Gasteiger partial charge in [0.25, 0.3) is 0 Å². The molecule has 7 heteroatoms. The number of carboxylic acid groups (broad SMARTS) is 1. The van der Waals surface area contributed by atoms with Crippen molar-refractivity contribution in [3.63, 3.8) is 0 Å². The zero-order valence-electron chi connectivity index (χ0n) is 10.7. The van der Waals surface area contributed by atoms with Crippen LogP contribution < -0.4 is 5.32 Å². The highest BCUT2D eigenvalue weighted by atomic mass is 19.4. The Hall–Kier alpha value is -1.27. The van der Waals surface area contributed by atoms with Gasteiger partial charge in [-0.15, -0.1) is 0 Å². The second-order valence-electron chi connectivity index (χ2n) is 5.08. The Labute approximate surface area is 109 Å². The molecule has 0 aliphatic heterocycles. The third-order valence-corrected chi connectivity index (χ3v) is 3.69. The molecular weight excluding hydrogens is 263 g/mol. The number of rotatable bonds is 4. The van der Waals surface area contributed by atoms with E-state index in [2.05, 4.69) is 5.32 Å². The lowest BCUT2D eigenvalue weighted by Crippen LogP contribution is -2.56. The van der Waals surface area contributed by atoms with Crippen molar-refractivity contribution in [3.05, 3.63) is 0 Å². The molecular formula is C12H18F3NO3. The number of halogens is 3. The van der Waals surface area contributed by atoms with Crippen molar-refractivity contribution in [2.24, 2.45) is 5.92 Å². The largest absolute Gasteiger partial charge is 0.480 e. The fourth-order valence-corrected chi connectivity index (χ4v) is 2.46. The minimum atomic E-state index is -4.62. The summed E-state index contributed by atoms with van der Waals surface area (Å²) in [5.41, 5.74) is -1.53. The van der Waals surface area contributed by atoms with Gasteiger partial charge in [0.05, 0.1) is 0 Å². The van der Waals surface area contributed by atoms with E-state index in [4.69, 9.17) is 0 Å². The summed E-state index contributed by atoms with van der Waals surface area (Å²) in [6, 6.07) is 0. The van der Waals surface area contributed by atoms with Crippen molar-refractivity contribution in [2.45, 2.75) is 57.2 Å². The van der Waals surface area contributed by atoms with E-state index in [-0.39, 0.29) is 12.8 Å². The molecule has 19 heavy (non-hydrogen) atoms. The van der Waals surface area contributed by atoms with Gasteiger partial charge in [0.1, 0.15) is 12.0 Å². The first-order chi connectivity index (χ1) is 8.68. The standard InChI is InChI=1S/C12H18F3NO3/c1-2-8-3-5-11(6-4-8,10(18)19)16-9(17)7-12(13,14)15/h8H,2-7H2,1H3,(H,16,17)(H,18,19). The molecule has 1 saturated carbocycles. The van der Waals surface area contributed by atoms with Crippen LogP contribution in [0.2, 0.25) is 0 Å². The SMILES string of the molecule is CCC1CCC(NC(=O)CC(F)(F)F)(C(=O)O)CC1. The lowest BCUT2D eigenvalue weighted by Gasteiger charge is -2.37. The molecule has 1 rings (SSSR count). The van der Waals surface area contributed by atoms with Gasteiger partial charge in [-0.25, -0.2) is 4.79 Å². The van der Waals surface area contributed by atoms with E-state index >= 15 is 0 Å². The van der Waals surface area contributed by atoms with Gasteiger partial charge in [0.2, 0.25) is 5.91 Å². The van der Waals surface area contributed by atoms with Crippen molar-refractivity contribution >= 4 is 11.9 Å². The summed E-state index contributed by atoms with van der Waals surface area (Å²) in [5, 5.41) is 11.3. The maximum absolute atomic E-state index is 12.1. The molecule has 0 saturated heterocycles. The number of amides is 1. The van der Waals surface area contributed by atoms with Gasteiger partial charge in [0.15, 0.2) is 0 Å². The van der Waals surface area contributed by atoms with E-state index in [1.165, 1.54) is 0 Å². The Morgan fingerprint density at radius 1 is 1.32 bits per heavy atom. The highest BCUT2D eigenvalue weighted by molar-refractivity contribution is 5.87. The molecule has 1 aliphatic carbocycles. The number of carboxylic acids is 1. The topological polar surface area (TPSA) is 66.4 Å². The molecule has 2 N–H and O–H groups in total. The van der Waals surface area contributed by atoms with Gasteiger partial charge in [-0.3, -0.25) is 4.79 Å². The normalized spacial score (nSPS) is 27.9. The van der Waals surface area contributed by atoms with Crippen LogP contribution >= 0.6 is 0 Å². The Bertz CT molecular complexity index is 347. The van der Waals surface area contributed by atoms with Crippen molar-refractivity contribution in [3.8, 4) is 0 Å². The third-order valence-electron chi connectivity index (χ3n) is 3.69. The average molecular weight is 281 g/mol. The van der Waals surface area contributed by atoms with Crippen LogP contribution in [0.4, 0.5) is 13.2 Å². The van der Waals surface area contributed by atoms with E-state index in [0.29, 0.717) is 18.8 Å². The lowest BCUT2D eigenvalue weighted by molar-refractivity contribution is -0.160. The zero-order chi connectivity index (χ0) is 14.7. The Balaban J connectivity index is 2.69. The maximum Gasteiger partial charge on any atom is 0.397 e. The fourth-order valence-electron chi connectivity index (χ4n) is 2.46. The summed E-state index contributed by atoms with van der Waals surface area (Å²) < 4.78 is 36.3. The molecule has 110 valence electrons. The fraction of sp³-hybridized carbons (Fsp3) is 0.833. The number of carbonyl (C=O) groups excluding carboxylic acids is 1. The van der Waals surface area contributed by atoms with E-state index < -0.39 is 30.0 Å². The van der Waals surface area contributed by atoms with E-state index in [9.17, 15) is 27.9 Å². The summed E-state index contributed by atoms with van der Waals surface area (Å²) in [7, 11) is 0. The monoisotopic (exact) mass is 281 g/mol. The molecule has 0 unspecified atom stereocenters. The van der Waals surface area contributed by atoms with Gasteiger partial charge in [-0.1, -0.05) is 13.3 Å². The maximum atomic E-state index is 12.1. The Morgan fingerprint density at radius 3 is 2.21 bits per heavy atom. The highest BCUT2D eigenvalue weighted by Gasteiger charge is 2.44. The average Bonchev–Trinajstić information content (AvgIpc) is 2.27. The van der Waals surface area contributed by atoms with Crippen LogP contribution in [-0.4, -0.2) is 28.7 Å². The number of nitrogens with one attached hydrogen (secondary N) is 1. The van der Waals surface area contributed by atoms with Crippen LogP contribution in [0.1, 0.15) is 45.4 Å². The first kappa shape index (κ1) is 15.8. The summed E-state index contributed by atoms with van der Waals surface area (Å²) in [5.74, 6) is -2.14. The van der Waals surface area contributed by atoms with Gasteiger partial charge in [-0.05, 0) is 31.6 Å². The Morgan fingerprint density at radius 2 is 1.84 bits per heavy atom. The molecule has 1 fully saturated rings. The summed E-state index contributed by atoms with van der Waals surface area (Å²) in [4.78, 5) is 22.6. The third kappa shape index (κ3) is 4.40. The summed E-state index contributed by atoms with van der Waals surface area (Å²) >= 11 is 0. The number of alkyl halides is 3. The second kappa shape index (κ2) is 5.79. The van der Waals surface area contributed by atoms with Crippen molar-refractivity contribution in [1.82, 2.24) is 5.32 Å². The minimum Gasteiger partial charge on any atom is -0.480 e. The molecule has 4 nitrogen and oxygen atoms in total. The first-order valence-electron chi connectivity index (χ1n) is 6.29. The predicted molar refractivity (Wildman–Crippen MR) is 61.4 cm³/mol. The van der Waals surface area contributed by atoms with Crippen LogP contribution in [0.3, 0.4) is 0 Å². The molecule has 0 aromatic rings. The van der Waals surface area contributed by atoms with Crippen LogP contribution in [0.25, 0.3) is 0 Å². The molecule has 0 radical (unpaired) electrons. The predicted octanol–water partition coefficient (Wildman–Crippen LogP) is 2.48. The van der Waals surface area contributed by atoms with E-state index in [0.717, 1.165) is 6.42 Å². The Kier molecular flexibility index (Phi) is 4.81. The molecule has 0 aromatic heterocycles. The zero-order valence-corrected chi connectivity index (χ0v) is 10.7. The quantitative estimate of drug-likeness (QED) is 0.832. The van der Waals surface area contributed by atoms with Crippen LogP contribution in [0.5, 0.6) is 0 Å². The van der Waals surface area contributed by atoms with Gasteiger partial charge < -0.3 is 10.4 Å². The first-order valence-corrected chi connectivity index (χ1v) is 6.29. The molecule has 1 aliphatic rings. The van der Waals surface area contributed by atoms with E-state index in [1.54, 1.807) is 0 Å². The van der Waals surface area contributed by atoms with Crippen molar-refractivity contribution in [2.75, 3.05) is 0 Å². The van der Waals surface area contributed by atoms with Crippen LogP contribution in [0, 0.1) is 5.92 Å². The second-order valence-corrected chi connectivity index (χ2v) is 5.08. The van der Waals surface area contributed by atoms with Gasteiger partial charge in [-0.2, -0.15) is 13.2 Å². The molecule has 0 heterocycles. The number of hydrogen-bond donors (Lipinski definition) is 2. The number of aliphatic carboxylic acids is 1. The molecule has 1 amide bonds. The smallest absolute Gasteiger partial charge is 0.397 e. The van der Waals surface area contributed by atoms with Gasteiger partial charge >= 0.3 is 12.1 Å². The summed E-state index contributed by atoms with van der Waals surface area (Å²) in [6.07, 6.45) is -3.77. The summed E-state index contributed by atoms with van der Waals surface area (Å²) in [6.45, 7) is 1.99. The molecule has 0 spiro atoms.